The van der Waals surface area contributed by atoms with E-state index in [1.807, 2.05) is 35.2 Å². The maximum Gasteiger partial charge on any atom is 0.490 e. The lowest BCUT2D eigenvalue weighted by atomic mass is 9.66. The van der Waals surface area contributed by atoms with Crippen molar-refractivity contribution in [2.75, 3.05) is 6.54 Å². The third kappa shape index (κ3) is 5.43. The molecule has 0 bridgehead atoms. The van der Waals surface area contributed by atoms with Crippen LogP contribution in [0, 0.1) is 11.7 Å². The number of piperidine rings is 1. The molecule has 1 aliphatic carbocycles. The molecule has 13 heteroatoms. The van der Waals surface area contributed by atoms with Gasteiger partial charge in [-0.05, 0) is 43.0 Å². The monoisotopic (exact) mass is 585 g/mol. The van der Waals surface area contributed by atoms with Gasteiger partial charge < -0.3 is 15.1 Å². The zero-order valence-electron chi connectivity index (χ0n) is 22.2. The van der Waals surface area contributed by atoms with Crippen molar-refractivity contribution in [3.8, 4) is 11.5 Å². The second-order valence-electron chi connectivity index (χ2n) is 10.2. The molecule has 0 spiro atoms. The van der Waals surface area contributed by atoms with E-state index in [4.69, 9.17) is 9.90 Å². The Bertz CT molecular complexity index is 1580. The van der Waals surface area contributed by atoms with Gasteiger partial charge in [0, 0.05) is 37.1 Å². The first-order valence-electron chi connectivity index (χ1n) is 13.4. The fraction of sp³-hybridized carbons (Fsp3) is 0.345. The number of likely N-dealkylation sites (tertiary alicyclic amines) is 1. The number of alkyl halides is 3. The number of hydrogen-bond acceptors (Lipinski definition) is 6. The Morgan fingerprint density at radius 1 is 0.976 bits per heavy atom. The van der Waals surface area contributed by atoms with Gasteiger partial charge in [0.2, 0.25) is 5.82 Å². The van der Waals surface area contributed by atoms with Gasteiger partial charge in [-0.2, -0.15) is 13.2 Å². The smallest absolute Gasteiger partial charge is 0.475 e. The van der Waals surface area contributed by atoms with Crippen molar-refractivity contribution in [3.05, 3.63) is 84.3 Å². The van der Waals surface area contributed by atoms with Crippen molar-refractivity contribution in [2.45, 2.75) is 49.9 Å². The molecule has 4 heterocycles. The Kier molecular flexibility index (Phi) is 7.95. The quantitative estimate of drug-likeness (QED) is 0.330. The summed E-state index contributed by atoms with van der Waals surface area (Å²) in [6.45, 7) is 0.396. The van der Waals surface area contributed by atoms with Crippen LogP contribution in [0.4, 0.5) is 17.6 Å². The minimum Gasteiger partial charge on any atom is -0.475 e. The van der Waals surface area contributed by atoms with E-state index < -0.39 is 23.6 Å². The fourth-order valence-corrected chi connectivity index (χ4v) is 5.98. The number of carbonyl (C=O) groups is 2. The molecule has 9 nitrogen and oxygen atoms in total. The number of aliphatic hydroxyl groups is 1. The minimum absolute atomic E-state index is 0.0729. The number of aromatic nitrogens is 4. The number of rotatable bonds is 3. The van der Waals surface area contributed by atoms with Crippen molar-refractivity contribution in [2.24, 2.45) is 5.92 Å². The van der Waals surface area contributed by atoms with Crippen LogP contribution in [0.3, 0.4) is 0 Å². The van der Waals surface area contributed by atoms with Crippen LogP contribution in [0.2, 0.25) is 0 Å². The maximum absolute atomic E-state index is 14.9. The summed E-state index contributed by atoms with van der Waals surface area (Å²) in [5, 5.41) is 19.0. The molecule has 1 amide bonds. The lowest BCUT2D eigenvalue weighted by Crippen LogP contribution is -2.59. The van der Waals surface area contributed by atoms with E-state index in [2.05, 4.69) is 15.0 Å². The molecule has 6 rings (SSSR count). The number of pyridine rings is 1. The molecule has 42 heavy (non-hydrogen) atoms. The van der Waals surface area contributed by atoms with Gasteiger partial charge in [-0.25, -0.2) is 24.1 Å². The first-order chi connectivity index (χ1) is 20.0. The van der Waals surface area contributed by atoms with Gasteiger partial charge in [-0.3, -0.25) is 9.20 Å². The molecule has 0 radical (unpaired) electrons. The highest BCUT2D eigenvalue weighted by molar-refractivity contribution is 5.94. The topological polar surface area (TPSA) is 121 Å². The van der Waals surface area contributed by atoms with Crippen LogP contribution in [-0.4, -0.2) is 65.1 Å². The second-order valence-corrected chi connectivity index (χ2v) is 10.2. The molecule has 2 fully saturated rings. The molecule has 3 aromatic heterocycles. The Balaban J connectivity index is 0.000000451. The van der Waals surface area contributed by atoms with Gasteiger partial charge >= 0.3 is 12.1 Å². The predicted molar refractivity (Wildman–Crippen MR) is 142 cm³/mol. The molecular weight excluding hydrogens is 558 g/mol. The van der Waals surface area contributed by atoms with Gasteiger partial charge in [0.05, 0.1) is 5.60 Å². The van der Waals surface area contributed by atoms with Gasteiger partial charge in [-0.15, -0.1) is 0 Å². The predicted octanol–water partition coefficient (Wildman–Crippen LogP) is 4.86. The maximum atomic E-state index is 14.9. The van der Waals surface area contributed by atoms with Crippen molar-refractivity contribution in [1.82, 2.24) is 24.3 Å². The molecule has 2 N–H and O–H groups in total. The summed E-state index contributed by atoms with van der Waals surface area (Å²) in [5.41, 5.74) is 0.346. The van der Waals surface area contributed by atoms with Gasteiger partial charge in [-0.1, -0.05) is 43.2 Å². The number of fused-ring (bicyclic) bond motifs is 2. The number of nitrogens with zero attached hydrogens (tertiary/aromatic N) is 5. The summed E-state index contributed by atoms with van der Waals surface area (Å²) in [6.07, 6.45) is 3.82. The van der Waals surface area contributed by atoms with E-state index >= 15 is 0 Å². The third-order valence-corrected chi connectivity index (χ3v) is 7.84. The first-order valence-corrected chi connectivity index (χ1v) is 13.4. The van der Waals surface area contributed by atoms with E-state index in [1.165, 1.54) is 10.5 Å². The minimum atomic E-state index is -5.08. The standard InChI is InChI=1S/C27H26FN5O2.C2HF3O2/c28-20-11-6-16-33-23(20)22(24-29-14-7-15-30-24)31-25(33)26(34)32-17-13-27(35,18-8-2-1-3-9-18)19-10-4-5-12-21(19)32;3-2(4,5)1(6)7/h1-3,6-9,11,14-16,19,21,35H,4-5,10,12-13,17H2;(H,6,7)/t19-,21?,27-;/m0./s1. The van der Waals surface area contributed by atoms with Crippen LogP contribution in [0.25, 0.3) is 17.0 Å². The largest absolute Gasteiger partial charge is 0.490 e. The zero-order valence-corrected chi connectivity index (χ0v) is 22.2. The van der Waals surface area contributed by atoms with Crippen LogP contribution >= 0.6 is 0 Å². The van der Waals surface area contributed by atoms with Crippen molar-refractivity contribution in [3.63, 3.8) is 0 Å². The fourth-order valence-electron chi connectivity index (χ4n) is 5.98. The molecule has 1 aliphatic heterocycles. The molecule has 3 atom stereocenters. The number of benzene rings is 1. The molecule has 1 saturated heterocycles. The summed E-state index contributed by atoms with van der Waals surface area (Å²) in [6, 6.07) is 14.2. The van der Waals surface area contributed by atoms with Gasteiger partial charge in [0.1, 0.15) is 17.0 Å². The number of amides is 1. The highest BCUT2D eigenvalue weighted by atomic mass is 19.4. The first kappa shape index (κ1) is 29.1. The number of imidazole rings is 1. The molecule has 2 aliphatic rings. The number of hydrogen-bond donors (Lipinski definition) is 2. The number of aliphatic carboxylic acids is 1. The van der Waals surface area contributed by atoms with E-state index in [0.29, 0.717) is 13.0 Å². The average Bonchev–Trinajstić information content (AvgIpc) is 3.39. The highest BCUT2D eigenvalue weighted by Gasteiger charge is 2.50. The van der Waals surface area contributed by atoms with Crippen LogP contribution in [0.15, 0.2) is 67.1 Å². The molecular formula is C29H27F4N5O4. The lowest BCUT2D eigenvalue weighted by Gasteiger charge is -2.52. The Hall–Kier alpha value is -4.39. The van der Waals surface area contributed by atoms with Crippen LogP contribution in [0.5, 0.6) is 0 Å². The van der Waals surface area contributed by atoms with Crippen molar-refractivity contribution >= 4 is 17.4 Å². The summed E-state index contributed by atoms with van der Waals surface area (Å²) in [5.74, 6) is -3.18. The Labute approximate surface area is 237 Å². The summed E-state index contributed by atoms with van der Waals surface area (Å²) < 4.78 is 48.2. The molecule has 220 valence electrons. The van der Waals surface area contributed by atoms with Gasteiger partial charge in [0.25, 0.3) is 5.91 Å². The number of halogens is 4. The zero-order chi connectivity index (χ0) is 30.1. The average molecular weight is 586 g/mol. The van der Waals surface area contributed by atoms with Crippen LogP contribution in [0.1, 0.15) is 48.3 Å². The Morgan fingerprint density at radius 3 is 2.31 bits per heavy atom. The highest BCUT2D eigenvalue weighted by Crippen LogP contribution is 2.47. The summed E-state index contributed by atoms with van der Waals surface area (Å²) in [7, 11) is 0. The Morgan fingerprint density at radius 2 is 1.64 bits per heavy atom. The van der Waals surface area contributed by atoms with Crippen molar-refractivity contribution < 1.29 is 37.4 Å². The molecule has 4 aromatic rings. The van der Waals surface area contributed by atoms with E-state index in [1.54, 1.807) is 30.7 Å². The van der Waals surface area contributed by atoms with Crippen LogP contribution in [-0.2, 0) is 10.4 Å². The lowest BCUT2D eigenvalue weighted by molar-refractivity contribution is -0.192. The molecule has 1 unspecified atom stereocenters. The van der Waals surface area contributed by atoms with E-state index in [9.17, 15) is 27.5 Å². The number of carbonyl (C=O) groups excluding carboxylic acids is 1. The SMILES string of the molecule is O=C(O)C(F)(F)F.O=C(c1nc(-c2ncccn2)c2c(F)cccn12)N1CC[C@](O)(c2ccccc2)[C@H]2CCCCC21. The van der Waals surface area contributed by atoms with E-state index in [0.717, 1.165) is 31.2 Å². The van der Waals surface area contributed by atoms with Gasteiger partial charge in [0.15, 0.2) is 5.82 Å². The second kappa shape index (κ2) is 11.5. The number of carboxylic acid groups (broad SMARTS) is 1. The normalized spacial score (nSPS) is 22.2. The van der Waals surface area contributed by atoms with Crippen molar-refractivity contribution in [1.29, 1.82) is 0 Å². The van der Waals surface area contributed by atoms with E-state index in [-0.39, 0.29) is 40.7 Å². The number of carboxylic acids is 1. The summed E-state index contributed by atoms with van der Waals surface area (Å²) >= 11 is 0. The molecule has 1 saturated carbocycles. The third-order valence-electron chi connectivity index (χ3n) is 7.84. The summed E-state index contributed by atoms with van der Waals surface area (Å²) in [4.78, 5) is 37.7. The molecule has 1 aromatic carbocycles. The van der Waals surface area contributed by atoms with Crippen LogP contribution < -0.4 is 0 Å².